The molecule has 1 aliphatic rings. The molecule has 8 nitrogen and oxygen atoms in total. The van der Waals surface area contributed by atoms with Gasteiger partial charge in [0.05, 0.1) is 12.2 Å². The molecule has 0 unspecified atom stereocenters. The van der Waals surface area contributed by atoms with Crippen LogP contribution in [0.1, 0.15) is 23.2 Å². The number of hydrogen-bond acceptors (Lipinski definition) is 5. The van der Waals surface area contributed by atoms with E-state index in [9.17, 15) is 23.2 Å². The Balaban J connectivity index is 1.51. The van der Waals surface area contributed by atoms with Gasteiger partial charge in [0.15, 0.2) is 0 Å². The molecule has 3 amide bonds. The molecule has 33 heavy (non-hydrogen) atoms. The molecule has 176 valence electrons. The fourth-order valence-electron chi connectivity index (χ4n) is 3.47. The number of ether oxygens (including phenoxy) is 2. The maximum Gasteiger partial charge on any atom is 0.411 e. The first-order valence-corrected chi connectivity index (χ1v) is 10.5. The number of halogens is 2. The highest BCUT2D eigenvalue weighted by atomic mass is 19.1. The number of methoxy groups -OCH3 is 1. The molecule has 0 bridgehead atoms. The molecule has 2 aromatic rings. The summed E-state index contributed by atoms with van der Waals surface area (Å²) in [7, 11) is 1.50. The summed E-state index contributed by atoms with van der Waals surface area (Å²) in [5, 5.41) is 5.38. The lowest BCUT2D eigenvalue weighted by molar-refractivity contribution is -0.121. The van der Waals surface area contributed by atoms with Crippen molar-refractivity contribution >= 4 is 29.3 Å². The summed E-state index contributed by atoms with van der Waals surface area (Å²) in [5.41, 5.74) is 0.767. The Kier molecular flexibility index (Phi) is 8.31. The van der Waals surface area contributed by atoms with Gasteiger partial charge in [0, 0.05) is 43.6 Å². The first-order chi connectivity index (χ1) is 15.9. The van der Waals surface area contributed by atoms with Crippen molar-refractivity contribution in [3.63, 3.8) is 0 Å². The predicted molar refractivity (Wildman–Crippen MR) is 117 cm³/mol. The van der Waals surface area contributed by atoms with Gasteiger partial charge in [-0.2, -0.15) is 0 Å². The van der Waals surface area contributed by atoms with Crippen molar-refractivity contribution in [2.45, 2.75) is 12.8 Å². The summed E-state index contributed by atoms with van der Waals surface area (Å²) < 4.78 is 36.7. The van der Waals surface area contributed by atoms with Crippen molar-refractivity contribution in [2.24, 2.45) is 5.92 Å². The molecule has 10 heteroatoms. The van der Waals surface area contributed by atoms with Gasteiger partial charge >= 0.3 is 6.09 Å². The van der Waals surface area contributed by atoms with Gasteiger partial charge in [-0.3, -0.25) is 14.9 Å². The zero-order chi connectivity index (χ0) is 23.8. The van der Waals surface area contributed by atoms with Crippen LogP contribution >= 0.6 is 0 Å². The number of anilines is 2. The number of amides is 3. The van der Waals surface area contributed by atoms with Crippen LogP contribution in [0.25, 0.3) is 0 Å². The SMILES string of the molecule is COCCOC(=O)Nc1cccc(NC(=O)C2CCN(C(=O)c3ccc(F)cc3F)CC2)c1. The molecule has 0 radical (unpaired) electrons. The van der Waals surface area contributed by atoms with E-state index in [-0.39, 0.29) is 43.7 Å². The van der Waals surface area contributed by atoms with Crippen molar-refractivity contribution in [3.8, 4) is 0 Å². The molecule has 3 rings (SSSR count). The minimum Gasteiger partial charge on any atom is -0.447 e. The van der Waals surface area contributed by atoms with E-state index in [1.807, 2.05) is 0 Å². The van der Waals surface area contributed by atoms with Gasteiger partial charge in [-0.05, 0) is 43.2 Å². The minimum atomic E-state index is -0.907. The normalized spacial score (nSPS) is 14.0. The summed E-state index contributed by atoms with van der Waals surface area (Å²) in [4.78, 5) is 38.4. The molecule has 2 aromatic carbocycles. The Bertz CT molecular complexity index is 1010. The minimum absolute atomic E-state index is 0.119. The number of hydrogen-bond donors (Lipinski definition) is 2. The topological polar surface area (TPSA) is 97.0 Å². The highest BCUT2D eigenvalue weighted by molar-refractivity contribution is 5.96. The van der Waals surface area contributed by atoms with Crippen LogP contribution in [0.2, 0.25) is 0 Å². The van der Waals surface area contributed by atoms with E-state index < -0.39 is 23.6 Å². The van der Waals surface area contributed by atoms with Crippen molar-refractivity contribution in [1.82, 2.24) is 4.90 Å². The second kappa shape index (κ2) is 11.4. The lowest BCUT2D eigenvalue weighted by Crippen LogP contribution is -2.41. The van der Waals surface area contributed by atoms with Crippen molar-refractivity contribution < 1.29 is 32.6 Å². The lowest BCUT2D eigenvalue weighted by atomic mass is 9.95. The van der Waals surface area contributed by atoms with E-state index >= 15 is 0 Å². The van der Waals surface area contributed by atoms with Crippen LogP contribution in [0.5, 0.6) is 0 Å². The average Bonchev–Trinajstić information content (AvgIpc) is 2.79. The molecule has 1 saturated heterocycles. The van der Waals surface area contributed by atoms with E-state index in [2.05, 4.69) is 10.6 Å². The highest BCUT2D eigenvalue weighted by Gasteiger charge is 2.29. The van der Waals surface area contributed by atoms with E-state index in [0.717, 1.165) is 12.1 Å². The van der Waals surface area contributed by atoms with Gasteiger partial charge in [0.25, 0.3) is 5.91 Å². The van der Waals surface area contributed by atoms with Gasteiger partial charge in [-0.25, -0.2) is 13.6 Å². The molecule has 1 heterocycles. The molecular weight excluding hydrogens is 436 g/mol. The standard InChI is InChI=1S/C23H25F2N3O5/c1-32-11-12-33-23(31)27-18-4-2-3-17(14-18)26-21(29)15-7-9-28(10-8-15)22(30)19-6-5-16(24)13-20(19)25/h2-6,13-15H,7-12H2,1H3,(H,26,29)(H,27,31). The molecule has 0 aliphatic carbocycles. The maximum absolute atomic E-state index is 13.9. The van der Waals surface area contributed by atoms with Gasteiger partial charge in [0.1, 0.15) is 18.2 Å². The van der Waals surface area contributed by atoms with Gasteiger partial charge < -0.3 is 19.7 Å². The number of nitrogens with zero attached hydrogens (tertiary/aromatic N) is 1. The van der Waals surface area contributed by atoms with E-state index in [0.29, 0.717) is 30.3 Å². The quantitative estimate of drug-likeness (QED) is 0.614. The van der Waals surface area contributed by atoms with Crippen molar-refractivity contribution in [3.05, 3.63) is 59.7 Å². The molecule has 1 fully saturated rings. The van der Waals surface area contributed by atoms with Crippen LogP contribution in [-0.2, 0) is 14.3 Å². The number of benzene rings is 2. The van der Waals surface area contributed by atoms with E-state index in [4.69, 9.17) is 9.47 Å². The molecule has 0 atom stereocenters. The molecular formula is C23H25F2N3O5. The van der Waals surface area contributed by atoms with Crippen LogP contribution in [0, 0.1) is 17.6 Å². The molecule has 0 spiro atoms. The van der Waals surface area contributed by atoms with Gasteiger partial charge in [-0.1, -0.05) is 6.07 Å². The number of carbonyl (C=O) groups excluding carboxylic acids is 3. The molecule has 0 aromatic heterocycles. The van der Waals surface area contributed by atoms with E-state index in [1.165, 1.54) is 12.0 Å². The Morgan fingerprint density at radius 1 is 1.00 bits per heavy atom. The van der Waals surface area contributed by atoms with E-state index in [1.54, 1.807) is 24.3 Å². The summed E-state index contributed by atoms with van der Waals surface area (Å²) in [6, 6.07) is 9.47. The fraction of sp³-hybridized carbons (Fsp3) is 0.348. The monoisotopic (exact) mass is 461 g/mol. The third kappa shape index (κ3) is 6.72. The zero-order valence-electron chi connectivity index (χ0n) is 18.1. The number of likely N-dealkylation sites (tertiary alicyclic amines) is 1. The summed E-state index contributed by atoms with van der Waals surface area (Å²) >= 11 is 0. The van der Waals surface area contributed by atoms with Crippen molar-refractivity contribution in [2.75, 3.05) is 44.0 Å². The Morgan fingerprint density at radius 3 is 2.36 bits per heavy atom. The highest BCUT2D eigenvalue weighted by Crippen LogP contribution is 2.23. The Morgan fingerprint density at radius 2 is 1.70 bits per heavy atom. The van der Waals surface area contributed by atoms with Crippen LogP contribution in [0.4, 0.5) is 25.0 Å². The van der Waals surface area contributed by atoms with Crippen LogP contribution < -0.4 is 10.6 Å². The maximum atomic E-state index is 13.9. The lowest BCUT2D eigenvalue weighted by Gasteiger charge is -2.31. The fourth-order valence-corrected chi connectivity index (χ4v) is 3.47. The first-order valence-electron chi connectivity index (χ1n) is 10.5. The second-order valence-electron chi connectivity index (χ2n) is 7.51. The van der Waals surface area contributed by atoms with Crippen molar-refractivity contribution in [1.29, 1.82) is 0 Å². The summed E-state index contributed by atoms with van der Waals surface area (Å²) in [6.45, 7) is 0.964. The summed E-state index contributed by atoms with van der Waals surface area (Å²) in [6.07, 6.45) is 0.180. The van der Waals surface area contributed by atoms with Gasteiger partial charge in [-0.15, -0.1) is 0 Å². The van der Waals surface area contributed by atoms with Gasteiger partial charge in [0.2, 0.25) is 5.91 Å². The first kappa shape index (κ1) is 24.1. The molecule has 2 N–H and O–H groups in total. The number of piperidine rings is 1. The van der Waals surface area contributed by atoms with Crippen LogP contribution in [0.3, 0.4) is 0 Å². The Hall–Kier alpha value is -3.53. The largest absolute Gasteiger partial charge is 0.447 e. The zero-order valence-corrected chi connectivity index (χ0v) is 18.1. The predicted octanol–water partition coefficient (Wildman–Crippen LogP) is 3.65. The summed E-state index contributed by atoms with van der Waals surface area (Å²) in [5.74, 6) is -2.72. The molecule has 0 saturated carbocycles. The smallest absolute Gasteiger partial charge is 0.411 e. The Labute approximate surface area is 189 Å². The third-order valence-electron chi connectivity index (χ3n) is 5.21. The molecule has 1 aliphatic heterocycles. The number of nitrogens with one attached hydrogen (secondary N) is 2. The average molecular weight is 461 g/mol. The van der Waals surface area contributed by atoms with Crippen LogP contribution in [-0.4, -0.2) is 56.2 Å². The number of carbonyl (C=O) groups is 3. The number of rotatable bonds is 7. The third-order valence-corrected chi connectivity index (χ3v) is 5.21. The van der Waals surface area contributed by atoms with Crippen LogP contribution in [0.15, 0.2) is 42.5 Å². The second-order valence-corrected chi connectivity index (χ2v) is 7.51.